The number of rotatable bonds is 3. The maximum absolute atomic E-state index is 12.7. The van der Waals surface area contributed by atoms with Crippen molar-refractivity contribution in [3.05, 3.63) is 35.4 Å². The Hall–Kier alpha value is -1.76. The number of hydrogen-bond acceptors (Lipinski definition) is 2. The van der Waals surface area contributed by atoms with E-state index in [1.54, 1.807) is 0 Å². The SMILES string of the molecule is O=C(NCc1ccccc1C(F)(F)F)NC1CNC1. The van der Waals surface area contributed by atoms with Gasteiger partial charge in [-0.05, 0) is 11.6 Å². The minimum atomic E-state index is -4.41. The number of benzene rings is 1. The van der Waals surface area contributed by atoms with E-state index < -0.39 is 17.8 Å². The summed E-state index contributed by atoms with van der Waals surface area (Å²) in [6, 6.07) is 4.80. The van der Waals surface area contributed by atoms with Crippen LogP contribution in [-0.4, -0.2) is 25.2 Å². The second kappa shape index (κ2) is 5.48. The Kier molecular flexibility index (Phi) is 3.94. The maximum atomic E-state index is 12.7. The molecule has 0 radical (unpaired) electrons. The highest BCUT2D eigenvalue weighted by Crippen LogP contribution is 2.31. The Labute approximate surface area is 108 Å². The van der Waals surface area contributed by atoms with Crippen LogP contribution in [0.15, 0.2) is 24.3 Å². The molecule has 1 aromatic rings. The van der Waals surface area contributed by atoms with Crippen molar-refractivity contribution in [2.24, 2.45) is 0 Å². The second-order valence-electron chi connectivity index (χ2n) is 4.34. The van der Waals surface area contributed by atoms with Gasteiger partial charge < -0.3 is 16.0 Å². The Morgan fingerprint density at radius 2 is 2.00 bits per heavy atom. The normalized spacial score (nSPS) is 15.7. The first-order valence-electron chi connectivity index (χ1n) is 5.87. The van der Waals surface area contributed by atoms with Gasteiger partial charge in [-0.25, -0.2) is 4.79 Å². The molecule has 0 unspecified atom stereocenters. The summed E-state index contributed by atoms with van der Waals surface area (Å²) in [7, 11) is 0. The zero-order valence-corrected chi connectivity index (χ0v) is 10.1. The van der Waals surface area contributed by atoms with Crippen LogP contribution in [-0.2, 0) is 12.7 Å². The highest BCUT2D eigenvalue weighted by molar-refractivity contribution is 5.74. The van der Waals surface area contributed by atoms with Gasteiger partial charge >= 0.3 is 12.2 Å². The lowest BCUT2D eigenvalue weighted by atomic mass is 10.1. The van der Waals surface area contributed by atoms with Gasteiger partial charge in [0.25, 0.3) is 0 Å². The van der Waals surface area contributed by atoms with E-state index in [1.165, 1.54) is 18.2 Å². The molecule has 1 aliphatic rings. The molecule has 0 bridgehead atoms. The second-order valence-corrected chi connectivity index (χ2v) is 4.34. The maximum Gasteiger partial charge on any atom is 0.416 e. The molecule has 0 saturated carbocycles. The average Bonchev–Trinajstić information content (AvgIpc) is 2.30. The summed E-state index contributed by atoms with van der Waals surface area (Å²) in [4.78, 5) is 11.4. The highest BCUT2D eigenvalue weighted by atomic mass is 19.4. The van der Waals surface area contributed by atoms with Crippen molar-refractivity contribution < 1.29 is 18.0 Å². The van der Waals surface area contributed by atoms with Crippen LogP contribution in [0.25, 0.3) is 0 Å². The van der Waals surface area contributed by atoms with Crippen molar-refractivity contribution in [1.29, 1.82) is 0 Å². The largest absolute Gasteiger partial charge is 0.416 e. The Morgan fingerprint density at radius 1 is 1.32 bits per heavy atom. The Bertz CT molecular complexity index is 458. The van der Waals surface area contributed by atoms with Crippen LogP contribution in [0.4, 0.5) is 18.0 Å². The number of carbonyl (C=O) groups excluding carboxylic acids is 1. The molecule has 1 saturated heterocycles. The van der Waals surface area contributed by atoms with Gasteiger partial charge in [-0.2, -0.15) is 13.2 Å². The fourth-order valence-corrected chi connectivity index (χ4v) is 1.75. The fourth-order valence-electron chi connectivity index (χ4n) is 1.75. The quantitative estimate of drug-likeness (QED) is 0.781. The number of urea groups is 1. The number of alkyl halides is 3. The predicted molar refractivity (Wildman–Crippen MR) is 63.5 cm³/mol. The molecular formula is C12H14F3N3O. The zero-order valence-electron chi connectivity index (χ0n) is 10.1. The number of hydrogen-bond donors (Lipinski definition) is 3. The molecule has 19 heavy (non-hydrogen) atoms. The van der Waals surface area contributed by atoms with Crippen molar-refractivity contribution in [3.63, 3.8) is 0 Å². The molecule has 1 aromatic carbocycles. The van der Waals surface area contributed by atoms with Crippen LogP contribution in [0.3, 0.4) is 0 Å². The average molecular weight is 273 g/mol. The van der Waals surface area contributed by atoms with Crippen LogP contribution >= 0.6 is 0 Å². The molecule has 2 rings (SSSR count). The summed E-state index contributed by atoms with van der Waals surface area (Å²) in [6.45, 7) is 1.22. The lowest BCUT2D eigenvalue weighted by Crippen LogP contribution is -2.58. The molecule has 7 heteroatoms. The molecule has 2 amide bonds. The molecule has 0 aromatic heterocycles. The van der Waals surface area contributed by atoms with Crippen molar-refractivity contribution in [1.82, 2.24) is 16.0 Å². The highest BCUT2D eigenvalue weighted by Gasteiger charge is 2.32. The van der Waals surface area contributed by atoms with E-state index >= 15 is 0 Å². The smallest absolute Gasteiger partial charge is 0.334 e. The fraction of sp³-hybridized carbons (Fsp3) is 0.417. The summed E-state index contributed by atoms with van der Waals surface area (Å²) >= 11 is 0. The molecule has 4 nitrogen and oxygen atoms in total. The molecule has 104 valence electrons. The predicted octanol–water partition coefficient (Wildman–Crippen LogP) is 1.48. The van der Waals surface area contributed by atoms with Crippen LogP contribution in [0, 0.1) is 0 Å². The lowest BCUT2D eigenvalue weighted by molar-refractivity contribution is -0.138. The minimum absolute atomic E-state index is 0.0527. The molecular weight excluding hydrogens is 259 g/mol. The van der Waals surface area contributed by atoms with Crippen LogP contribution < -0.4 is 16.0 Å². The van der Waals surface area contributed by atoms with Gasteiger partial charge in [0.2, 0.25) is 0 Å². The van der Waals surface area contributed by atoms with E-state index in [9.17, 15) is 18.0 Å². The van der Waals surface area contributed by atoms with E-state index in [0.29, 0.717) is 13.1 Å². The van der Waals surface area contributed by atoms with Gasteiger partial charge in [-0.15, -0.1) is 0 Å². The molecule has 3 N–H and O–H groups in total. The number of halogens is 3. The van der Waals surface area contributed by atoms with Crippen molar-refractivity contribution in [3.8, 4) is 0 Å². The van der Waals surface area contributed by atoms with E-state index in [4.69, 9.17) is 0 Å². The first kappa shape index (κ1) is 13.7. The Morgan fingerprint density at radius 3 is 2.58 bits per heavy atom. The third-order valence-electron chi connectivity index (χ3n) is 2.88. The van der Waals surface area contributed by atoms with Crippen molar-refractivity contribution in [2.45, 2.75) is 18.8 Å². The third kappa shape index (κ3) is 3.60. The summed E-state index contributed by atoms with van der Waals surface area (Å²) in [5, 5.41) is 8.06. The molecule has 0 aliphatic carbocycles. The number of nitrogens with one attached hydrogen (secondary N) is 3. The van der Waals surface area contributed by atoms with Crippen LogP contribution in [0.1, 0.15) is 11.1 Å². The molecule has 1 aliphatic heterocycles. The van der Waals surface area contributed by atoms with Gasteiger partial charge in [-0.1, -0.05) is 18.2 Å². The van der Waals surface area contributed by atoms with Gasteiger partial charge in [-0.3, -0.25) is 0 Å². The van der Waals surface area contributed by atoms with Gasteiger partial charge in [0, 0.05) is 19.6 Å². The van der Waals surface area contributed by atoms with Crippen LogP contribution in [0.2, 0.25) is 0 Å². The van der Waals surface area contributed by atoms with Gasteiger partial charge in [0.05, 0.1) is 11.6 Å². The number of carbonyl (C=O) groups is 1. The topological polar surface area (TPSA) is 53.2 Å². The molecule has 0 spiro atoms. The van der Waals surface area contributed by atoms with E-state index in [0.717, 1.165) is 6.07 Å². The monoisotopic (exact) mass is 273 g/mol. The van der Waals surface area contributed by atoms with E-state index in [-0.39, 0.29) is 18.2 Å². The molecule has 1 fully saturated rings. The Balaban J connectivity index is 1.93. The van der Waals surface area contributed by atoms with E-state index in [1.807, 2.05) is 0 Å². The first-order chi connectivity index (χ1) is 8.97. The number of amides is 2. The van der Waals surface area contributed by atoms with E-state index in [2.05, 4.69) is 16.0 Å². The third-order valence-corrected chi connectivity index (χ3v) is 2.88. The standard InChI is InChI=1S/C12H14F3N3O/c13-12(14,15)10-4-2-1-3-8(10)5-17-11(19)18-9-6-16-7-9/h1-4,9,16H,5-7H2,(H2,17,18,19). The molecule has 1 heterocycles. The zero-order chi connectivity index (χ0) is 13.9. The molecule has 0 atom stereocenters. The van der Waals surface area contributed by atoms with Crippen LogP contribution in [0.5, 0.6) is 0 Å². The summed E-state index contributed by atoms with van der Waals surface area (Å²) in [5.41, 5.74) is -0.669. The van der Waals surface area contributed by atoms with Gasteiger partial charge in [0.1, 0.15) is 0 Å². The lowest BCUT2D eigenvalue weighted by Gasteiger charge is -2.28. The van der Waals surface area contributed by atoms with Crippen molar-refractivity contribution in [2.75, 3.05) is 13.1 Å². The summed E-state index contributed by atoms with van der Waals surface area (Å²) in [6.07, 6.45) is -4.41. The van der Waals surface area contributed by atoms with Crippen molar-refractivity contribution >= 4 is 6.03 Å². The summed E-state index contributed by atoms with van der Waals surface area (Å²) in [5.74, 6) is 0. The van der Waals surface area contributed by atoms with Gasteiger partial charge in [0.15, 0.2) is 0 Å². The first-order valence-corrected chi connectivity index (χ1v) is 5.87. The summed E-state index contributed by atoms with van der Waals surface area (Å²) < 4.78 is 38.1. The minimum Gasteiger partial charge on any atom is -0.334 e.